The maximum absolute atomic E-state index is 12.8. The van der Waals surface area contributed by atoms with Crippen molar-refractivity contribution in [1.29, 1.82) is 0 Å². The van der Waals surface area contributed by atoms with Gasteiger partial charge in [0.05, 0.1) is 19.2 Å². The summed E-state index contributed by atoms with van der Waals surface area (Å²) in [6.45, 7) is 2.11. The Morgan fingerprint density at radius 2 is 2.19 bits per heavy atom. The standard InChI is InChI=1S/C19H18N4O3/c1-11-17(13-9-12(25-3)6-7-14(13)23(11)2)19(24)21-10-16-22-18-15(26-16)5-4-8-20-18/h4-9H,10H2,1-3H3,(H,21,24). The van der Waals surface area contributed by atoms with Crippen molar-refractivity contribution < 1.29 is 13.9 Å². The number of amides is 1. The molecular weight excluding hydrogens is 332 g/mol. The lowest BCUT2D eigenvalue weighted by Gasteiger charge is -2.04. The summed E-state index contributed by atoms with van der Waals surface area (Å²) in [5.74, 6) is 0.946. The van der Waals surface area contributed by atoms with Crippen molar-refractivity contribution in [2.45, 2.75) is 13.5 Å². The van der Waals surface area contributed by atoms with Gasteiger partial charge in [0.2, 0.25) is 5.89 Å². The fourth-order valence-electron chi connectivity index (χ4n) is 3.10. The quantitative estimate of drug-likeness (QED) is 0.612. The van der Waals surface area contributed by atoms with Crippen LogP contribution in [0.4, 0.5) is 0 Å². The Kier molecular flexibility index (Phi) is 3.84. The number of carbonyl (C=O) groups excluding carboxylic acids is 1. The molecule has 0 fully saturated rings. The van der Waals surface area contributed by atoms with Gasteiger partial charge in [0, 0.05) is 29.8 Å². The van der Waals surface area contributed by atoms with Gasteiger partial charge in [-0.25, -0.2) is 4.98 Å². The second kappa shape index (κ2) is 6.18. The van der Waals surface area contributed by atoms with E-state index in [9.17, 15) is 4.79 Å². The van der Waals surface area contributed by atoms with Crippen LogP contribution in [-0.2, 0) is 13.6 Å². The topological polar surface area (TPSA) is 82.2 Å². The maximum atomic E-state index is 12.8. The van der Waals surface area contributed by atoms with E-state index in [0.717, 1.165) is 16.6 Å². The van der Waals surface area contributed by atoms with Gasteiger partial charge in [0.15, 0.2) is 11.2 Å². The number of rotatable bonds is 4. The number of hydrogen-bond acceptors (Lipinski definition) is 5. The number of fused-ring (bicyclic) bond motifs is 2. The number of nitrogens with zero attached hydrogens (tertiary/aromatic N) is 3. The summed E-state index contributed by atoms with van der Waals surface area (Å²) in [5.41, 5.74) is 3.60. The molecule has 4 rings (SSSR count). The van der Waals surface area contributed by atoms with Crippen LogP contribution in [0.25, 0.3) is 22.1 Å². The first-order valence-corrected chi connectivity index (χ1v) is 8.20. The predicted molar refractivity (Wildman–Crippen MR) is 97.2 cm³/mol. The van der Waals surface area contributed by atoms with Crippen LogP contribution in [0.5, 0.6) is 5.75 Å². The smallest absolute Gasteiger partial charge is 0.254 e. The molecule has 0 saturated carbocycles. The van der Waals surface area contributed by atoms with Crippen molar-refractivity contribution in [3.05, 3.63) is 53.7 Å². The fourth-order valence-corrected chi connectivity index (χ4v) is 3.10. The molecule has 7 heteroatoms. The van der Waals surface area contributed by atoms with E-state index < -0.39 is 0 Å². The SMILES string of the molecule is COc1ccc2c(c1)c(C(=O)NCc1nc3ncccc3o1)c(C)n2C. The number of ether oxygens (including phenoxy) is 1. The van der Waals surface area contributed by atoms with Gasteiger partial charge in [-0.1, -0.05) is 0 Å². The van der Waals surface area contributed by atoms with Crippen molar-refractivity contribution in [2.75, 3.05) is 7.11 Å². The van der Waals surface area contributed by atoms with Crippen LogP contribution in [0.2, 0.25) is 0 Å². The van der Waals surface area contributed by atoms with Crippen LogP contribution in [0.1, 0.15) is 21.9 Å². The molecule has 0 radical (unpaired) electrons. The molecule has 0 bridgehead atoms. The summed E-state index contributed by atoms with van der Waals surface area (Å²) in [5, 5.41) is 3.73. The van der Waals surface area contributed by atoms with E-state index in [1.165, 1.54) is 0 Å². The van der Waals surface area contributed by atoms with Crippen molar-refractivity contribution in [2.24, 2.45) is 7.05 Å². The van der Waals surface area contributed by atoms with E-state index in [-0.39, 0.29) is 12.5 Å². The van der Waals surface area contributed by atoms with Crippen molar-refractivity contribution >= 4 is 28.0 Å². The van der Waals surface area contributed by atoms with Gasteiger partial charge < -0.3 is 19.0 Å². The Hall–Kier alpha value is -3.35. The number of aryl methyl sites for hydroxylation is 1. The van der Waals surface area contributed by atoms with Crippen LogP contribution in [0.3, 0.4) is 0 Å². The summed E-state index contributed by atoms with van der Waals surface area (Å²) in [4.78, 5) is 21.2. The minimum atomic E-state index is -0.184. The molecule has 0 aliphatic carbocycles. The Morgan fingerprint density at radius 1 is 1.35 bits per heavy atom. The van der Waals surface area contributed by atoms with Crippen LogP contribution in [0, 0.1) is 6.92 Å². The first kappa shape index (κ1) is 16.1. The summed E-state index contributed by atoms with van der Waals surface area (Å²) < 4.78 is 12.9. The van der Waals surface area contributed by atoms with Crippen molar-refractivity contribution in [1.82, 2.24) is 19.9 Å². The molecule has 0 aliphatic heterocycles. The Bertz CT molecular complexity index is 1090. The molecule has 3 heterocycles. The van der Waals surface area contributed by atoms with Crippen LogP contribution >= 0.6 is 0 Å². The number of oxazole rings is 1. The van der Waals surface area contributed by atoms with E-state index in [4.69, 9.17) is 9.15 Å². The summed E-state index contributed by atoms with van der Waals surface area (Å²) in [6, 6.07) is 9.28. The molecule has 26 heavy (non-hydrogen) atoms. The highest BCUT2D eigenvalue weighted by Crippen LogP contribution is 2.28. The van der Waals surface area contributed by atoms with Gasteiger partial charge in [-0.15, -0.1) is 0 Å². The Labute approximate surface area is 149 Å². The highest BCUT2D eigenvalue weighted by molar-refractivity contribution is 6.08. The van der Waals surface area contributed by atoms with Gasteiger partial charge >= 0.3 is 0 Å². The van der Waals surface area contributed by atoms with E-state index in [0.29, 0.717) is 28.4 Å². The molecule has 4 aromatic rings. The van der Waals surface area contributed by atoms with Crippen molar-refractivity contribution in [3.8, 4) is 5.75 Å². The zero-order chi connectivity index (χ0) is 18.3. The Morgan fingerprint density at radius 3 is 2.96 bits per heavy atom. The number of hydrogen-bond donors (Lipinski definition) is 1. The molecule has 1 aromatic carbocycles. The molecule has 1 amide bonds. The minimum Gasteiger partial charge on any atom is -0.497 e. The zero-order valence-electron chi connectivity index (χ0n) is 14.7. The minimum absolute atomic E-state index is 0.184. The lowest BCUT2D eigenvalue weighted by Crippen LogP contribution is -2.23. The van der Waals surface area contributed by atoms with Gasteiger partial charge in [-0.2, -0.15) is 4.98 Å². The molecule has 0 unspecified atom stereocenters. The molecule has 0 aliphatic rings. The average Bonchev–Trinajstić information content (AvgIpc) is 3.18. The van der Waals surface area contributed by atoms with E-state index in [1.807, 2.05) is 36.7 Å². The lowest BCUT2D eigenvalue weighted by molar-refractivity contribution is 0.0948. The normalized spacial score (nSPS) is 11.2. The summed E-state index contributed by atoms with van der Waals surface area (Å²) in [7, 11) is 3.55. The number of carbonyl (C=O) groups is 1. The van der Waals surface area contributed by atoms with Crippen LogP contribution in [0.15, 0.2) is 40.9 Å². The van der Waals surface area contributed by atoms with Crippen LogP contribution in [-0.4, -0.2) is 27.6 Å². The van der Waals surface area contributed by atoms with Gasteiger partial charge in [-0.05, 0) is 37.3 Å². The highest BCUT2D eigenvalue weighted by atomic mass is 16.5. The third kappa shape index (κ3) is 2.57. The molecule has 0 spiro atoms. The third-order valence-corrected chi connectivity index (χ3v) is 4.54. The number of aromatic nitrogens is 3. The fraction of sp³-hybridized carbons (Fsp3) is 0.211. The van der Waals surface area contributed by atoms with Crippen LogP contribution < -0.4 is 10.1 Å². The number of nitrogens with one attached hydrogen (secondary N) is 1. The van der Waals surface area contributed by atoms with Gasteiger partial charge in [-0.3, -0.25) is 4.79 Å². The molecule has 7 nitrogen and oxygen atoms in total. The highest BCUT2D eigenvalue weighted by Gasteiger charge is 2.19. The average molecular weight is 350 g/mol. The monoisotopic (exact) mass is 350 g/mol. The number of methoxy groups -OCH3 is 1. The zero-order valence-corrected chi connectivity index (χ0v) is 14.7. The maximum Gasteiger partial charge on any atom is 0.254 e. The van der Waals surface area contributed by atoms with Gasteiger partial charge in [0.1, 0.15) is 5.75 Å². The largest absolute Gasteiger partial charge is 0.497 e. The molecular formula is C19H18N4O3. The predicted octanol–water partition coefficient (Wildman–Crippen LogP) is 2.96. The summed E-state index contributed by atoms with van der Waals surface area (Å²) in [6.07, 6.45) is 1.65. The molecule has 3 aromatic heterocycles. The molecule has 1 N–H and O–H groups in total. The van der Waals surface area contributed by atoms with E-state index in [2.05, 4.69) is 15.3 Å². The van der Waals surface area contributed by atoms with Crippen molar-refractivity contribution in [3.63, 3.8) is 0 Å². The van der Waals surface area contributed by atoms with Gasteiger partial charge in [0.25, 0.3) is 5.91 Å². The third-order valence-electron chi connectivity index (χ3n) is 4.54. The van der Waals surface area contributed by atoms with E-state index >= 15 is 0 Å². The molecule has 132 valence electrons. The molecule has 0 atom stereocenters. The first-order chi connectivity index (χ1) is 12.6. The number of benzene rings is 1. The second-order valence-electron chi connectivity index (χ2n) is 6.02. The van der Waals surface area contributed by atoms with E-state index in [1.54, 1.807) is 25.4 Å². The lowest BCUT2D eigenvalue weighted by atomic mass is 10.1. The first-order valence-electron chi connectivity index (χ1n) is 8.20. The Balaban J connectivity index is 1.64. The second-order valence-corrected chi connectivity index (χ2v) is 6.02. The number of pyridine rings is 1. The summed E-state index contributed by atoms with van der Waals surface area (Å²) >= 11 is 0. The molecule has 0 saturated heterocycles.